The third-order valence-electron chi connectivity index (χ3n) is 9.07. The summed E-state index contributed by atoms with van der Waals surface area (Å²) in [5.41, 5.74) is 11.0. The van der Waals surface area contributed by atoms with Crippen molar-refractivity contribution in [1.82, 2.24) is 0 Å². The zero-order valence-corrected chi connectivity index (χ0v) is 27.8. The van der Waals surface area contributed by atoms with Crippen LogP contribution in [-0.2, 0) is 27.4 Å². The summed E-state index contributed by atoms with van der Waals surface area (Å²) in [6.07, 6.45) is 0.364. The van der Waals surface area contributed by atoms with E-state index >= 15 is 0 Å². The molecule has 1 aliphatic rings. The normalized spacial score (nSPS) is 18.7. The predicted molar refractivity (Wildman–Crippen MR) is 172 cm³/mol. The van der Waals surface area contributed by atoms with E-state index < -0.39 is 38.2 Å². The Morgan fingerprint density at radius 2 is 1.67 bits per heavy atom. The molecule has 1 heterocycles. The summed E-state index contributed by atoms with van der Waals surface area (Å²) >= 11 is 0. The van der Waals surface area contributed by atoms with Gasteiger partial charge in [0.2, 0.25) is 5.91 Å². The van der Waals surface area contributed by atoms with Crippen molar-refractivity contribution >= 4 is 25.6 Å². The molecule has 9 heteroatoms. The minimum atomic E-state index is -2.26. The summed E-state index contributed by atoms with van der Waals surface area (Å²) in [5, 5.41) is 0. The van der Waals surface area contributed by atoms with E-state index in [2.05, 4.69) is 53.0 Å². The second-order valence-corrected chi connectivity index (χ2v) is 17.9. The average molecular weight is 611 g/mol. The first-order chi connectivity index (χ1) is 20.4. The van der Waals surface area contributed by atoms with E-state index in [9.17, 15) is 14.0 Å². The van der Waals surface area contributed by atoms with Gasteiger partial charge in [0, 0.05) is 37.6 Å². The van der Waals surface area contributed by atoms with Crippen molar-refractivity contribution in [2.75, 3.05) is 25.7 Å². The van der Waals surface area contributed by atoms with Gasteiger partial charge >= 0.3 is 5.91 Å². The predicted octanol–water partition coefficient (Wildman–Crippen LogP) is 6.37. The van der Waals surface area contributed by atoms with Crippen molar-refractivity contribution < 1.29 is 28.2 Å². The zero-order chi connectivity index (χ0) is 31.9. The van der Waals surface area contributed by atoms with Gasteiger partial charge in [-0.3, -0.25) is 14.5 Å². The molecule has 234 valence electrons. The molecule has 0 saturated carbocycles. The summed E-state index contributed by atoms with van der Waals surface area (Å²) in [4.78, 5) is 29.2. The molecule has 7 nitrogen and oxygen atoms in total. The molecule has 2 unspecified atom stereocenters. The Labute approximate surface area is 257 Å². The first-order valence-electron chi connectivity index (χ1n) is 15.0. The van der Waals surface area contributed by atoms with E-state index in [1.807, 2.05) is 12.1 Å². The molecule has 2 aromatic carbocycles. The van der Waals surface area contributed by atoms with Gasteiger partial charge in [-0.15, -0.1) is 5.54 Å². The van der Waals surface area contributed by atoms with Gasteiger partial charge in [0.05, 0.1) is 20.3 Å². The maximum Gasteiger partial charge on any atom is 0.303 e. The Morgan fingerprint density at radius 3 is 2.19 bits per heavy atom. The Balaban J connectivity index is 2.12. The lowest BCUT2D eigenvalue weighted by Gasteiger charge is -2.45. The van der Waals surface area contributed by atoms with E-state index in [4.69, 9.17) is 19.9 Å². The van der Waals surface area contributed by atoms with Gasteiger partial charge in [-0.2, -0.15) is 0 Å². The van der Waals surface area contributed by atoms with Crippen LogP contribution >= 0.6 is 0 Å². The standard InChI is InChI=1S/C34H47FN2O5Si/c1-23(2)43(24(3)4,25(5)6)18-15-32(38)37(28-12-9-26(22-35)10-13-28)34(33(36)39)16-17-42-30(21-34)19-27-11-14-29(40-7)20-31(27)41-8/h9-14,20,23-25,30H,16-17,19,21-22H2,1-8H3,(H2,36,39). The number of nitrogens with two attached hydrogens (primary N) is 1. The molecule has 2 aromatic rings. The molecular weight excluding hydrogens is 563 g/mol. The Hall–Kier alpha value is -3.35. The number of ether oxygens (including phenoxy) is 3. The monoisotopic (exact) mass is 610 g/mol. The van der Waals surface area contributed by atoms with E-state index in [-0.39, 0.29) is 19.4 Å². The van der Waals surface area contributed by atoms with Crippen LogP contribution in [0.2, 0.25) is 16.6 Å². The van der Waals surface area contributed by atoms with Crippen molar-refractivity contribution in [1.29, 1.82) is 0 Å². The smallest absolute Gasteiger partial charge is 0.303 e. The molecular formula is C34H47FN2O5Si. The molecule has 0 radical (unpaired) electrons. The van der Waals surface area contributed by atoms with Crippen LogP contribution < -0.4 is 20.1 Å². The van der Waals surface area contributed by atoms with Crippen LogP contribution in [0.5, 0.6) is 11.5 Å². The molecule has 0 bridgehead atoms. The molecule has 0 aromatic heterocycles. The lowest BCUT2D eigenvalue weighted by atomic mass is 9.81. The number of amides is 2. The molecule has 2 amide bonds. The van der Waals surface area contributed by atoms with Crippen molar-refractivity contribution in [2.24, 2.45) is 5.73 Å². The number of benzene rings is 2. The highest BCUT2D eigenvalue weighted by Crippen LogP contribution is 2.41. The number of primary amides is 1. The topological polar surface area (TPSA) is 91.1 Å². The van der Waals surface area contributed by atoms with Gasteiger partial charge < -0.3 is 19.9 Å². The molecule has 1 fully saturated rings. The first-order valence-corrected chi connectivity index (χ1v) is 17.2. The second kappa shape index (κ2) is 14.4. The number of carbonyl (C=O) groups excluding carboxylic acids is 2. The largest absolute Gasteiger partial charge is 0.497 e. The third kappa shape index (κ3) is 7.08. The fraction of sp³-hybridized carbons (Fsp3) is 0.529. The van der Waals surface area contributed by atoms with E-state index in [0.717, 1.165) is 5.56 Å². The number of alkyl halides is 1. The van der Waals surface area contributed by atoms with Gasteiger partial charge in [-0.25, -0.2) is 4.39 Å². The molecule has 0 aliphatic carbocycles. The van der Waals surface area contributed by atoms with E-state index in [0.29, 0.717) is 45.8 Å². The lowest BCUT2D eigenvalue weighted by Crippen LogP contribution is -2.64. The third-order valence-corrected chi connectivity index (χ3v) is 15.4. The Morgan fingerprint density at radius 1 is 1.05 bits per heavy atom. The Bertz CT molecular complexity index is 1310. The first kappa shape index (κ1) is 34.1. The van der Waals surface area contributed by atoms with Gasteiger partial charge in [0.15, 0.2) is 0 Å². The molecule has 0 spiro atoms. The highest BCUT2D eigenvalue weighted by atomic mass is 28.3. The summed E-state index contributed by atoms with van der Waals surface area (Å²) in [6.45, 7) is 12.7. The van der Waals surface area contributed by atoms with Crippen LogP contribution in [0.15, 0.2) is 42.5 Å². The number of anilines is 1. The van der Waals surface area contributed by atoms with Gasteiger partial charge in [0.1, 0.15) is 31.8 Å². The van der Waals surface area contributed by atoms with Gasteiger partial charge in [0.25, 0.3) is 0 Å². The van der Waals surface area contributed by atoms with Crippen molar-refractivity contribution in [3.8, 4) is 23.0 Å². The lowest BCUT2D eigenvalue weighted by molar-refractivity contribution is -0.132. The average Bonchev–Trinajstić information content (AvgIpc) is 2.97. The fourth-order valence-corrected chi connectivity index (χ4v) is 12.0. The van der Waals surface area contributed by atoms with Crippen LogP contribution in [0.25, 0.3) is 0 Å². The van der Waals surface area contributed by atoms with Crippen LogP contribution in [0.1, 0.15) is 65.5 Å². The molecule has 1 aliphatic heterocycles. The second-order valence-electron chi connectivity index (χ2n) is 12.3. The molecule has 1 saturated heterocycles. The highest BCUT2D eigenvalue weighted by Gasteiger charge is 2.50. The van der Waals surface area contributed by atoms with Crippen molar-refractivity contribution in [2.45, 2.75) is 95.7 Å². The summed E-state index contributed by atoms with van der Waals surface area (Å²) in [6, 6.07) is 12.1. The number of hydrogen-bond acceptors (Lipinski definition) is 5. The number of halogens is 1. The summed E-state index contributed by atoms with van der Waals surface area (Å²) in [7, 11) is 0.915. The molecule has 2 N–H and O–H groups in total. The molecule has 43 heavy (non-hydrogen) atoms. The van der Waals surface area contributed by atoms with Crippen LogP contribution in [0.3, 0.4) is 0 Å². The minimum Gasteiger partial charge on any atom is -0.497 e. The maximum absolute atomic E-state index is 14.3. The number of methoxy groups -OCH3 is 2. The summed E-state index contributed by atoms with van der Waals surface area (Å²) in [5.74, 6) is 3.18. The zero-order valence-electron chi connectivity index (χ0n) is 26.8. The fourth-order valence-electron chi connectivity index (χ4n) is 6.81. The van der Waals surface area contributed by atoms with E-state index in [1.54, 1.807) is 44.6 Å². The molecule has 2 atom stereocenters. The maximum atomic E-state index is 14.3. The Kier molecular flexibility index (Phi) is 11.4. The van der Waals surface area contributed by atoms with Crippen LogP contribution in [0, 0.1) is 11.5 Å². The van der Waals surface area contributed by atoms with Crippen LogP contribution in [0.4, 0.5) is 10.1 Å². The number of nitrogens with zero attached hydrogens (tertiary/aromatic N) is 1. The number of hydrogen-bond donors (Lipinski definition) is 1. The number of carbonyl (C=O) groups is 2. The number of rotatable bonds is 11. The minimum absolute atomic E-state index is 0.164. The summed E-state index contributed by atoms with van der Waals surface area (Å²) < 4.78 is 30.5. The van der Waals surface area contributed by atoms with Crippen LogP contribution in [-0.4, -0.2) is 52.4 Å². The SMILES string of the molecule is COc1ccc(CC2CC(C(N)=O)(N(C(=O)C#C[Si](C(C)C)(C(C)C)C(C)C)c3ccc(CF)cc3)CCO2)c(OC)c1. The van der Waals surface area contributed by atoms with E-state index in [1.165, 1.54) is 4.90 Å². The molecule has 3 rings (SSSR count). The van der Waals surface area contributed by atoms with Gasteiger partial charge in [-0.05, 0) is 51.9 Å². The van der Waals surface area contributed by atoms with Crippen molar-refractivity contribution in [3.05, 3.63) is 53.6 Å². The van der Waals surface area contributed by atoms with Gasteiger partial charge in [-0.1, -0.05) is 59.7 Å². The highest BCUT2D eigenvalue weighted by molar-refractivity contribution is 6.90. The quantitative estimate of drug-likeness (QED) is 0.236. The van der Waals surface area contributed by atoms with Crippen molar-refractivity contribution in [3.63, 3.8) is 0 Å².